The van der Waals surface area contributed by atoms with Crippen molar-refractivity contribution in [2.75, 3.05) is 6.61 Å². The van der Waals surface area contributed by atoms with E-state index in [2.05, 4.69) is 31.2 Å². The Morgan fingerprint density at radius 1 is 0.679 bits per heavy atom. The van der Waals surface area contributed by atoms with Crippen molar-refractivity contribution in [3.8, 4) is 33.8 Å². The van der Waals surface area contributed by atoms with E-state index in [4.69, 9.17) is 4.74 Å². The van der Waals surface area contributed by atoms with Crippen LogP contribution in [0.1, 0.15) is 45.4 Å². The Bertz CT molecular complexity index is 855. The molecule has 146 valence electrons. The Morgan fingerprint density at radius 2 is 1.36 bits per heavy atom. The van der Waals surface area contributed by atoms with Crippen molar-refractivity contribution in [3.05, 3.63) is 72.8 Å². The maximum atomic E-state index is 10.6. The monoisotopic (exact) mass is 374 g/mol. The molecule has 28 heavy (non-hydrogen) atoms. The van der Waals surface area contributed by atoms with E-state index in [9.17, 15) is 5.11 Å². The van der Waals surface area contributed by atoms with Gasteiger partial charge in [-0.25, -0.2) is 0 Å². The second-order valence-corrected chi connectivity index (χ2v) is 7.18. The van der Waals surface area contributed by atoms with Gasteiger partial charge in [-0.1, -0.05) is 99.7 Å². The quantitative estimate of drug-likeness (QED) is 0.373. The summed E-state index contributed by atoms with van der Waals surface area (Å²) in [5.74, 6) is 1.00. The van der Waals surface area contributed by atoms with Gasteiger partial charge in [0.15, 0.2) is 0 Å². The molecule has 0 unspecified atom stereocenters. The van der Waals surface area contributed by atoms with Gasteiger partial charge in [-0.15, -0.1) is 0 Å². The van der Waals surface area contributed by atoms with Crippen molar-refractivity contribution in [3.63, 3.8) is 0 Å². The fraction of sp³-hybridized carbons (Fsp3) is 0.308. The average molecular weight is 375 g/mol. The van der Waals surface area contributed by atoms with Gasteiger partial charge in [-0.05, 0) is 35.2 Å². The zero-order chi connectivity index (χ0) is 19.6. The van der Waals surface area contributed by atoms with Gasteiger partial charge in [0.1, 0.15) is 11.5 Å². The number of phenols is 1. The van der Waals surface area contributed by atoms with Crippen LogP contribution in [0.25, 0.3) is 22.3 Å². The fourth-order valence-electron chi connectivity index (χ4n) is 3.55. The summed E-state index contributed by atoms with van der Waals surface area (Å²) in [7, 11) is 0. The van der Waals surface area contributed by atoms with Gasteiger partial charge >= 0.3 is 0 Å². The SMILES string of the molecule is CCCCCCCCOc1cccc(O)c1-c1ccccc1-c1ccccc1. The Hall–Kier alpha value is -2.74. The highest BCUT2D eigenvalue weighted by Gasteiger charge is 2.15. The average Bonchev–Trinajstić information content (AvgIpc) is 2.74. The number of phenolic OH excluding ortho intramolecular Hbond substituents is 1. The lowest BCUT2D eigenvalue weighted by Crippen LogP contribution is -1.99. The van der Waals surface area contributed by atoms with Crippen molar-refractivity contribution in [1.82, 2.24) is 0 Å². The topological polar surface area (TPSA) is 29.5 Å². The lowest BCUT2D eigenvalue weighted by molar-refractivity contribution is 0.304. The predicted octanol–water partition coefficient (Wildman–Crippen LogP) is 7.47. The molecule has 0 amide bonds. The van der Waals surface area contributed by atoms with Crippen LogP contribution in [-0.4, -0.2) is 11.7 Å². The van der Waals surface area contributed by atoms with E-state index in [-0.39, 0.29) is 5.75 Å². The van der Waals surface area contributed by atoms with E-state index in [0.29, 0.717) is 6.61 Å². The Balaban J connectivity index is 1.80. The molecule has 0 atom stereocenters. The van der Waals surface area contributed by atoms with E-state index in [1.807, 2.05) is 42.5 Å². The first-order chi connectivity index (χ1) is 13.8. The molecule has 0 saturated carbocycles. The van der Waals surface area contributed by atoms with E-state index < -0.39 is 0 Å². The van der Waals surface area contributed by atoms with Crippen LogP contribution in [0.2, 0.25) is 0 Å². The first-order valence-corrected chi connectivity index (χ1v) is 10.4. The highest BCUT2D eigenvalue weighted by molar-refractivity contribution is 5.88. The lowest BCUT2D eigenvalue weighted by atomic mass is 9.93. The van der Waals surface area contributed by atoms with Crippen molar-refractivity contribution in [2.45, 2.75) is 45.4 Å². The molecule has 3 aromatic carbocycles. The van der Waals surface area contributed by atoms with Crippen LogP contribution in [0.15, 0.2) is 72.8 Å². The molecule has 0 fully saturated rings. The predicted molar refractivity (Wildman–Crippen MR) is 118 cm³/mol. The molecular formula is C26H30O2. The molecular weight excluding hydrogens is 344 g/mol. The molecule has 0 heterocycles. The molecule has 1 N–H and O–H groups in total. The molecule has 0 aliphatic carbocycles. The fourth-order valence-corrected chi connectivity index (χ4v) is 3.55. The molecule has 3 rings (SSSR count). The van der Waals surface area contributed by atoms with Crippen LogP contribution in [-0.2, 0) is 0 Å². The van der Waals surface area contributed by atoms with E-state index in [1.54, 1.807) is 6.07 Å². The largest absolute Gasteiger partial charge is 0.507 e. The summed E-state index contributed by atoms with van der Waals surface area (Å²) >= 11 is 0. The summed E-state index contributed by atoms with van der Waals surface area (Å²) in [5, 5.41) is 10.6. The van der Waals surface area contributed by atoms with Gasteiger partial charge in [-0.3, -0.25) is 0 Å². The number of rotatable bonds is 10. The molecule has 2 heteroatoms. The number of ether oxygens (including phenoxy) is 1. The van der Waals surface area contributed by atoms with Gasteiger partial charge in [0.2, 0.25) is 0 Å². The standard InChI is InChI=1S/C26H30O2/c1-2-3-4-5-6-12-20-28-25-19-13-18-24(27)26(25)23-17-11-10-16-22(23)21-14-8-7-9-15-21/h7-11,13-19,27H,2-6,12,20H2,1H3. The Labute approximate surface area is 168 Å². The first-order valence-electron chi connectivity index (χ1n) is 10.4. The molecule has 0 saturated heterocycles. The second kappa shape index (κ2) is 10.6. The minimum absolute atomic E-state index is 0.254. The smallest absolute Gasteiger partial charge is 0.130 e. The lowest BCUT2D eigenvalue weighted by Gasteiger charge is -2.16. The zero-order valence-electron chi connectivity index (χ0n) is 16.7. The van der Waals surface area contributed by atoms with Gasteiger partial charge in [0.05, 0.1) is 12.2 Å². The molecule has 0 bridgehead atoms. The molecule has 0 aliphatic rings. The Morgan fingerprint density at radius 3 is 2.14 bits per heavy atom. The van der Waals surface area contributed by atoms with Crippen LogP contribution < -0.4 is 4.74 Å². The minimum atomic E-state index is 0.254. The molecule has 0 spiro atoms. The number of aromatic hydroxyl groups is 1. The van der Waals surface area contributed by atoms with Crippen molar-refractivity contribution >= 4 is 0 Å². The highest BCUT2D eigenvalue weighted by atomic mass is 16.5. The van der Waals surface area contributed by atoms with Crippen LogP contribution in [0, 0.1) is 0 Å². The van der Waals surface area contributed by atoms with Gasteiger partial charge in [0, 0.05) is 0 Å². The van der Waals surface area contributed by atoms with Crippen LogP contribution in [0.4, 0.5) is 0 Å². The van der Waals surface area contributed by atoms with Crippen molar-refractivity contribution in [2.24, 2.45) is 0 Å². The molecule has 0 aromatic heterocycles. The summed E-state index contributed by atoms with van der Waals surface area (Å²) < 4.78 is 6.11. The van der Waals surface area contributed by atoms with Crippen LogP contribution in [0.5, 0.6) is 11.5 Å². The highest BCUT2D eigenvalue weighted by Crippen LogP contribution is 2.42. The van der Waals surface area contributed by atoms with Gasteiger partial charge in [0.25, 0.3) is 0 Å². The summed E-state index contributed by atoms with van der Waals surface area (Å²) in [6.07, 6.45) is 7.38. The second-order valence-electron chi connectivity index (χ2n) is 7.18. The van der Waals surface area contributed by atoms with E-state index in [1.165, 1.54) is 32.1 Å². The van der Waals surface area contributed by atoms with Crippen LogP contribution in [0.3, 0.4) is 0 Å². The molecule has 0 aliphatic heterocycles. The van der Waals surface area contributed by atoms with Gasteiger partial charge in [-0.2, -0.15) is 0 Å². The van der Waals surface area contributed by atoms with E-state index >= 15 is 0 Å². The number of unbranched alkanes of at least 4 members (excludes halogenated alkanes) is 5. The van der Waals surface area contributed by atoms with E-state index in [0.717, 1.165) is 34.4 Å². The summed E-state index contributed by atoms with van der Waals surface area (Å²) in [5.41, 5.74) is 3.98. The molecule has 2 nitrogen and oxygen atoms in total. The third-order valence-electron chi connectivity index (χ3n) is 5.04. The Kier molecular flexibility index (Phi) is 7.54. The zero-order valence-corrected chi connectivity index (χ0v) is 16.7. The molecule has 0 radical (unpaired) electrons. The van der Waals surface area contributed by atoms with Gasteiger partial charge < -0.3 is 9.84 Å². The number of benzene rings is 3. The van der Waals surface area contributed by atoms with Crippen LogP contribution >= 0.6 is 0 Å². The number of hydrogen-bond donors (Lipinski definition) is 1. The third-order valence-corrected chi connectivity index (χ3v) is 5.04. The molecule has 3 aromatic rings. The minimum Gasteiger partial charge on any atom is -0.507 e. The summed E-state index contributed by atoms with van der Waals surface area (Å²) in [6.45, 7) is 2.91. The maximum absolute atomic E-state index is 10.6. The van der Waals surface area contributed by atoms with Crippen molar-refractivity contribution < 1.29 is 9.84 Å². The van der Waals surface area contributed by atoms with Crippen molar-refractivity contribution in [1.29, 1.82) is 0 Å². The summed E-state index contributed by atoms with van der Waals surface area (Å²) in [4.78, 5) is 0. The first kappa shape index (κ1) is 20.0. The summed E-state index contributed by atoms with van der Waals surface area (Å²) in [6, 6.07) is 24.0. The normalized spacial score (nSPS) is 10.8. The maximum Gasteiger partial charge on any atom is 0.130 e. The third kappa shape index (κ3) is 5.16. The number of hydrogen-bond acceptors (Lipinski definition) is 2.